The molecule has 0 saturated carbocycles. The van der Waals surface area contributed by atoms with Crippen LogP contribution in [0.25, 0.3) is 21.5 Å². The Morgan fingerprint density at radius 1 is 1.35 bits per heavy atom. The number of aliphatic hydroxyl groups excluding tert-OH is 1. The highest BCUT2D eigenvalue weighted by molar-refractivity contribution is 7.91. The minimum absolute atomic E-state index is 0.00435. The van der Waals surface area contributed by atoms with Crippen molar-refractivity contribution in [3.8, 4) is 10.4 Å². The van der Waals surface area contributed by atoms with Gasteiger partial charge in [0.15, 0.2) is 0 Å². The number of alkyl halides is 3. The third kappa shape index (κ3) is 3.75. The maximum absolute atomic E-state index is 12.9. The molecule has 3 aromatic heterocycles. The van der Waals surface area contributed by atoms with E-state index in [-0.39, 0.29) is 21.8 Å². The van der Waals surface area contributed by atoms with Gasteiger partial charge in [-0.15, -0.1) is 11.3 Å². The van der Waals surface area contributed by atoms with Gasteiger partial charge in [-0.3, -0.25) is 0 Å². The van der Waals surface area contributed by atoms with Crippen molar-refractivity contribution in [3.05, 3.63) is 36.2 Å². The van der Waals surface area contributed by atoms with Crippen molar-refractivity contribution in [3.63, 3.8) is 0 Å². The van der Waals surface area contributed by atoms with Crippen molar-refractivity contribution in [2.75, 3.05) is 6.54 Å². The Morgan fingerprint density at radius 3 is 2.73 bits per heavy atom. The van der Waals surface area contributed by atoms with Gasteiger partial charge in [-0.2, -0.15) is 13.2 Å². The first-order chi connectivity index (χ1) is 12.1. The molecule has 0 amide bonds. The summed E-state index contributed by atoms with van der Waals surface area (Å²) in [7, 11) is -3.81. The van der Waals surface area contributed by atoms with Crippen LogP contribution < -0.4 is 4.72 Å². The van der Waals surface area contributed by atoms with Crippen LogP contribution in [-0.2, 0) is 16.2 Å². The summed E-state index contributed by atoms with van der Waals surface area (Å²) < 4.78 is 65.4. The summed E-state index contributed by atoms with van der Waals surface area (Å²) in [6.07, 6.45) is -4.02. The van der Waals surface area contributed by atoms with E-state index in [4.69, 9.17) is 0 Å². The number of rotatable bonds is 5. The SMILES string of the molecule is CC(O)CNS(=O)(=O)c1ccc(-c2ccnc3[nH]c(C(F)(F)F)cc23)s1. The van der Waals surface area contributed by atoms with Gasteiger partial charge in [0.25, 0.3) is 0 Å². The Balaban J connectivity index is 2.01. The first kappa shape index (κ1) is 18.8. The molecule has 1 atom stereocenters. The molecule has 0 spiro atoms. The fourth-order valence-electron chi connectivity index (χ4n) is 2.31. The zero-order valence-electron chi connectivity index (χ0n) is 13.3. The molecular formula is C15H14F3N3O3S2. The quantitative estimate of drug-likeness (QED) is 0.608. The van der Waals surface area contributed by atoms with E-state index in [0.29, 0.717) is 10.4 Å². The number of pyridine rings is 1. The Bertz CT molecular complexity index is 1040. The van der Waals surface area contributed by atoms with Crippen LogP contribution in [0.4, 0.5) is 13.2 Å². The standard InChI is InChI=1S/C15H14F3N3O3S2/c1-8(22)7-20-26(23,24)13-3-2-11(25-13)9-4-5-19-14-10(9)6-12(21-14)15(16,17)18/h2-6,8,20,22H,7H2,1H3,(H,19,21). The van der Waals surface area contributed by atoms with E-state index in [1.54, 1.807) is 0 Å². The van der Waals surface area contributed by atoms with Crippen molar-refractivity contribution >= 4 is 32.4 Å². The fourth-order valence-corrected chi connectivity index (χ4v) is 4.82. The molecule has 0 fully saturated rings. The third-order valence-electron chi connectivity index (χ3n) is 3.52. The van der Waals surface area contributed by atoms with E-state index in [2.05, 4.69) is 14.7 Å². The number of hydrogen-bond donors (Lipinski definition) is 3. The van der Waals surface area contributed by atoms with E-state index in [9.17, 15) is 26.7 Å². The minimum Gasteiger partial charge on any atom is -0.392 e. The summed E-state index contributed by atoms with van der Waals surface area (Å²) in [6, 6.07) is 5.38. The number of hydrogen-bond acceptors (Lipinski definition) is 5. The van der Waals surface area contributed by atoms with Crippen molar-refractivity contribution in [1.82, 2.24) is 14.7 Å². The van der Waals surface area contributed by atoms with Gasteiger partial charge in [-0.05, 0) is 31.2 Å². The second-order valence-corrected chi connectivity index (χ2v) is 8.70. The van der Waals surface area contributed by atoms with E-state index < -0.39 is 28.0 Å². The smallest absolute Gasteiger partial charge is 0.392 e. The molecule has 0 radical (unpaired) electrons. The Kier molecular flexibility index (Phi) is 4.82. The van der Waals surface area contributed by atoms with E-state index in [0.717, 1.165) is 17.4 Å². The summed E-state index contributed by atoms with van der Waals surface area (Å²) in [5.74, 6) is 0. The number of nitrogens with one attached hydrogen (secondary N) is 2. The summed E-state index contributed by atoms with van der Waals surface area (Å²) in [5, 5.41) is 9.46. The molecule has 1 unspecified atom stereocenters. The maximum atomic E-state index is 12.9. The second kappa shape index (κ2) is 6.65. The zero-order valence-corrected chi connectivity index (χ0v) is 15.0. The van der Waals surface area contributed by atoms with Gasteiger partial charge in [0.2, 0.25) is 10.0 Å². The van der Waals surface area contributed by atoms with Crippen molar-refractivity contribution in [2.24, 2.45) is 0 Å². The van der Waals surface area contributed by atoms with Crippen LogP contribution in [0.1, 0.15) is 12.6 Å². The summed E-state index contributed by atoms with van der Waals surface area (Å²) in [4.78, 5) is 6.61. The fraction of sp³-hybridized carbons (Fsp3) is 0.267. The minimum atomic E-state index is -4.53. The average Bonchev–Trinajstić information content (AvgIpc) is 3.19. The molecule has 3 heterocycles. The number of aromatic amines is 1. The molecule has 11 heteroatoms. The van der Waals surface area contributed by atoms with E-state index in [1.165, 1.54) is 31.3 Å². The van der Waals surface area contributed by atoms with Crippen molar-refractivity contribution in [2.45, 2.75) is 23.4 Å². The Hall–Kier alpha value is -1.95. The number of H-pyrrole nitrogens is 1. The molecule has 3 rings (SSSR count). The molecule has 26 heavy (non-hydrogen) atoms. The summed E-state index contributed by atoms with van der Waals surface area (Å²) in [6.45, 7) is 1.31. The van der Waals surface area contributed by atoms with Crippen LogP contribution in [-0.4, -0.2) is 36.1 Å². The van der Waals surface area contributed by atoms with Crippen LogP contribution in [0.5, 0.6) is 0 Å². The number of aliphatic hydroxyl groups is 1. The predicted molar refractivity (Wildman–Crippen MR) is 91.3 cm³/mol. The lowest BCUT2D eigenvalue weighted by molar-refractivity contribution is -0.140. The Labute approximate surface area is 150 Å². The number of halogens is 3. The molecular weight excluding hydrogens is 391 g/mol. The lowest BCUT2D eigenvalue weighted by Gasteiger charge is -2.06. The van der Waals surface area contributed by atoms with Gasteiger partial charge in [0.1, 0.15) is 15.6 Å². The predicted octanol–water partition coefficient (Wildman–Crippen LogP) is 2.97. The zero-order chi connectivity index (χ0) is 19.1. The van der Waals surface area contributed by atoms with Crippen molar-refractivity contribution < 1.29 is 26.7 Å². The molecule has 3 N–H and O–H groups in total. The molecule has 0 aliphatic carbocycles. The lowest BCUT2D eigenvalue weighted by Crippen LogP contribution is -2.30. The van der Waals surface area contributed by atoms with Crippen LogP contribution in [0.3, 0.4) is 0 Å². The summed E-state index contributed by atoms with van der Waals surface area (Å²) in [5.41, 5.74) is -0.404. The first-order valence-corrected chi connectivity index (χ1v) is 9.71. The van der Waals surface area contributed by atoms with Crippen LogP contribution in [0.15, 0.2) is 34.7 Å². The summed E-state index contributed by atoms with van der Waals surface area (Å²) >= 11 is 0.921. The van der Waals surface area contributed by atoms with Crippen LogP contribution in [0.2, 0.25) is 0 Å². The molecule has 0 aliphatic rings. The monoisotopic (exact) mass is 405 g/mol. The number of fused-ring (bicyclic) bond motifs is 1. The second-order valence-electron chi connectivity index (χ2n) is 5.62. The van der Waals surface area contributed by atoms with Gasteiger partial charge in [-0.1, -0.05) is 0 Å². The average molecular weight is 405 g/mol. The third-order valence-corrected chi connectivity index (χ3v) is 6.55. The van der Waals surface area contributed by atoms with E-state index >= 15 is 0 Å². The molecule has 0 aliphatic heterocycles. The molecule has 140 valence electrons. The highest BCUT2D eigenvalue weighted by atomic mass is 32.2. The highest BCUT2D eigenvalue weighted by Gasteiger charge is 2.33. The number of nitrogens with zero attached hydrogens (tertiary/aromatic N) is 1. The van der Waals surface area contributed by atoms with Gasteiger partial charge in [-0.25, -0.2) is 18.1 Å². The number of aromatic nitrogens is 2. The molecule has 0 saturated heterocycles. The number of sulfonamides is 1. The molecule has 6 nitrogen and oxygen atoms in total. The normalized spacial score (nSPS) is 14.0. The maximum Gasteiger partial charge on any atom is 0.431 e. The highest BCUT2D eigenvalue weighted by Crippen LogP contribution is 2.37. The van der Waals surface area contributed by atoms with Crippen LogP contribution >= 0.6 is 11.3 Å². The van der Waals surface area contributed by atoms with Gasteiger partial charge in [0.05, 0.1) is 6.10 Å². The molecule has 0 bridgehead atoms. The van der Waals surface area contributed by atoms with Crippen LogP contribution in [0, 0.1) is 0 Å². The lowest BCUT2D eigenvalue weighted by atomic mass is 10.1. The largest absolute Gasteiger partial charge is 0.431 e. The Morgan fingerprint density at radius 2 is 2.08 bits per heavy atom. The van der Waals surface area contributed by atoms with E-state index in [1.807, 2.05) is 0 Å². The van der Waals surface area contributed by atoms with Crippen molar-refractivity contribution in [1.29, 1.82) is 0 Å². The molecule has 0 aromatic carbocycles. The van der Waals surface area contributed by atoms with Gasteiger partial charge >= 0.3 is 6.18 Å². The molecule has 3 aromatic rings. The first-order valence-electron chi connectivity index (χ1n) is 7.41. The van der Waals surface area contributed by atoms with Gasteiger partial charge in [0, 0.05) is 28.6 Å². The number of thiophene rings is 1. The van der Waals surface area contributed by atoms with Gasteiger partial charge < -0.3 is 10.1 Å². The topological polar surface area (TPSA) is 95.1 Å².